The number of aryl methyl sites for hydroxylation is 1. The van der Waals surface area contributed by atoms with Gasteiger partial charge in [-0.2, -0.15) is 0 Å². The first kappa shape index (κ1) is 23.5. The Morgan fingerprint density at radius 1 is 1.11 bits per heavy atom. The van der Waals surface area contributed by atoms with Gasteiger partial charge in [-0.05, 0) is 73.4 Å². The Morgan fingerprint density at radius 3 is 2.63 bits per heavy atom. The van der Waals surface area contributed by atoms with Gasteiger partial charge in [0.1, 0.15) is 13.2 Å². The van der Waals surface area contributed by atoms with E-state index in [9.17, 15) is 14.0 Å². The van der Waals surface area contributed by atoms with Crippen LogP contribution in [0, 0.1) is 18.7 Å². The molecule has 1 aliphatic carbocycles. The van der Waals surface area contributed by atoms with Crippen molar-refractivity contribution < 1.29 is 18.7 Å². The molecule has 5 nitrogen and oxygen atoms in total. The van der Waals surface area contributed by atoms with Crippen molar-refractivity contribution in [3.63, 3.8) is 0 Å². The molecule has 5 rings (SSSR count). The molecule has 7 heteroatoms. The molecule has 0 bridgehead atoms. The number of carbonyl (C=O) groups is 2. The molecule has 35 heavy (non-hydrogen) atoms. The minimum Gasteiger partial charge on any atom is -0.488 e. The number of hydrogen-bond acceptors (Lipinski definition) is 4. The van der Waals surface area contributed by atoms with Crippen molar-refractivity contribution in [1.29, 1.82) is 0 Å². The summed E-state index contributed by atoms with van der Waals surface area (Å²) in [4.78, 5) is 31.7. The summed E-state index contributed by atoms with van der Waals surface area (Å²) in [6, 6.07) is 15.5. The average molecular weight is 493 g/mol. The molecule has 1 saturated carbocycles. The molecule has 182 valence electrons. The lowest BCUT2D eigenvalue weighted by atomic mass is 10.00. The topological polar surface area (TPSA) is 49.9 Å². The predicted octanol–water partition coefficient (Wildman–Crippen LogP) is 5.25. The number of carbonyl (C=O) groups excluding carboxylic acids is 2. The van der Waals surface area contributed by atoms with E-state index in [1.165, 1.54) is 10.9 Å². The molecule has 1 aromatic heterocycles. The molecule has 1 aliphatic heterocycles. The summed E-state index contributed by atoms with van der Waals surface area (Å²) in [5.74, 6) is -0.0110. The van der Waals surface area contributed by atoms with Crippen molar-refractivity contribution in [2.24, 2.45) is 5.92 Å². The van der Waals surface area contributed by atoms with Crippen LogP contribution in [0.2, 0.25) is 0 Å². The highest BCUT2D eigenvalue weighted by Gasteiger charge is 2.35. The van der Waals surface area contributed by atoms with E-state index in [2.05, 4.69) is 0 Å². The standard InChI is InChI=1S/C28H29FN2O3S/c1-19-6-10-21(11-7-19)28(33)30(16-20-8-9-20)17-27(32)31-14-12-26-22(13-15-35-26)24(31)18-34-25-5-3-2-4-23(25)29/h2-7,10-11,13,15,20,24H,8-9,12,14,16-18H2,1H3/t24-/m1/s1. The van der Waals surface area contributed by atoms with Crippen molar-refractivity contribution >= 4 is 23.2 Å². The summed E-state index contributed by atoms with van der Waals surface area (Å²) < 4.78 is 20.0. The van der Waals surface area contributed by atoms with Crippen LogP contribution in [0.15, 0.2) is 60.0 Å². The van der Waals surface area contributed by atoms with Gasteiger partial charge in [0.2, 0.25) is 5.91 Å². The highest BCUT2D eigenvalue weighted by atomic mass is 32.1. The van der Waals surface area contributed by atoms with Gasteiger partial charge in [-0.3, -0.25) is 9.59 Å². The average Bonchev–Trinajstić information content (AvgIpc) is 3.55. The quantitative estimate of drug-likeness (QED) is 0.431. The number of halogens is 1. The molecule has 3 aromatic rings. The Balaban J connectivity index is 1.34. The molecule has 1 atom stereocenters. The van der Waals surface area contributed by atoms with Crippen LogP contribution in [0.3, 0.4) is 0 Å². The Hall–Kier alpha value is -3.19. The number of rotatable bonds is 8. The van der Waals surface area contributed by atoms with Crippen molar-refractivity contribution in [1.82, 2.24) is 9.80 Å². The molecule has 0 unspecified atom stereocenters. The largest absolute Gasteiger partial charge is 0.488 e. The Morgan fingerprint density at radius 2 is 1.89 bits per heavy atom. The maximum Gasteiger partial charge on any atom is 0.254 e. The molecular formula is C28H29FN2O3S. The number of hydrogen-bond donors (Lipinski definition) is 0. The van der Waals surface area contributed by atoms with Gasteiger partial charge in [-0.15, -0.1) is 11.3 Å². The summed E-state index contributed by atoms with van der Waals surface area (Å²) in [5, 5.41) is 2.02. The minimum absolute atomic E-state index is 0.0267. The SMILES string of the molecule is Cc1ccc(C(=O)N(CC(=O)N2CCc3sccc3[C@H]2COc2ccccc2F)CC2CC2)cc1. The molecule has 0 radical (unpaired) electrons. The molecule has 2 heterocycles. The van der Waals surface area contributed by atoms with Gasteiger partial charge < -0.3 is 14.5 Å². The van der Waals surface area contributed by atoms with E-state index in [0.29, 0.717) is 24.6 Å². The molecule has 2 amide bonds. The fourth-order valence-electron chi connectivity index (χ4n) is 4.57. The molecule has 2 aliphatic rings. The number of nitrogens with zero attached hydrogens (tertiary/aromatic N) is 2. The molecule has 1 fully saturated rings. The van der Waals surface area contributed by atoms with E-state index in [4.69, 9.17) is 4.74 Å². The van der Waals surface area contributed by atoms with Crippen LogP contribution in [0.4, 0.5) is 4.39 Å². The molecule has 0 saturated heterocycles. The van der Waals surface area contributed by atoms with Gasteiger partial charge in [-0.1, -0.05) is 29.8 Å². The van der Waals surface area contributed by atoms with Gasteiger partial charge in [0.25, 0.3) is 5.91 Å². The summed E-state index contributed by atoms with van der Waals surface area (Å²) >= 11 is 1.67. The maximum absolute atomic E-state index is 14.2. The fraction of sp³-hybridized carbons (Fsp3) is 0.357. The Bertz CT molecular complexity index is 1200. The van der Waals surface area contributed by atoms with E-state index in [1.54, 1.807) is 39.3 Å². The molecule has 0 N–H and O–H groups in total. The Labute approximate surface area is 209 Å². The van der Waals surface area contributed by atoms with Crippen LogP contribution in [0.25, 0.3) is 0 Å². The normalized spacial score (nSPS) is 17.1. The van der Waals surface area contributed by atoms with Gasteiger partial charge in [-0.25, -0.2) is 4.39 Å². The second kappa shape index (κ2) is 10.2. The third-order valence-electron chi connectivity index (χ3n) is 6.74. The van der Waals surface area contributed by atoms with Crippen LogP contribution in [0.1, 0.15) is 45.2 Å². The number of thiophene rings is 1. The second-order valence-corrected chi connectivity index (χ2v) is 10.4. The van der Waals surface area contributed by atoms with E-state index in [0.717, 1.165) is 30.4 Å². The molecule has 0 spiro atoms. The van der Waals surface area contributed by atoms with Gasteiger partial charge in [0.15, 0.2) is 11.6 Å². The van der Waals surface area contributed by atoms with Crippen molar-refractivity contribution in [3.05, 3.63) is 87.4 Å². The van der Waals surface area contributed by atoms with Gasteiger partial charge >= 0.3 is 0 Å². The maximum atomic E-state index is 14.2. The van der Waals surface area contributed by atoms with E-state index >= 15 is 0 Å². The molecule has 2 aromatic carbocycles. The third-order valence-corrected chi connectivity index (χ3v) is 7.73. The first-order valence-electron chi connectivity index (χ1n) is 12.1. The summed E-state index contributed by atoms with van der Waals surface area (Å²) in [5.41, 5.74) is 2.73. The molecular weight excluding hydrogens is 463 g/mol. The zero-order chi connectivity index (χ0) is 24.4. The lowest BCUT2D eigenvalue weighted by Gasteiger charge is -2.37. The number of fused-ring (bicyclic) bond motifs is 1. The zero-order valence-corrected chi connectivity index (χ0v) is 20.6. The third kappa shape index (κ3) is 5.40. The highest BCUT2D eigenvalue weighted by molar-refractivity contribution is 7.10. The Kier molecular flexibility index (Phi) is 6.86. The first-order valence-corrected chi connectivity index (χ1v) is 13.0. The van der Waals surface area contributed by atoms with Crippen molar-refractivity contribution in [3.8, 4) is 5.75 Å². The van der Waals surface area contributed by atoms with E-state index in [-0.39, 0.29) is 36.8 Å². The summed E-state index contributed by atoms with van der Waals surface area (Å²) in [6.45, 7) is 3.31. The van der Waals surface area contributed by atoms with Crippen LogP contribution >= 0.6 is 11.3 Å². The van der Waals surface area contributed by atoms with Crippen LogP contribution in [-0.4, -0.2) is 47.9 Å². The van der Waals surface area contributed by atoms with Crippen LogP contribution in [0.5, 0.6) is 5.75 Å². The smallest absolute Gasteiger partial charge is 0.254 e. The van der Waals surface area contributed by atoms with Crippen molar-refractivity contribution in [2.45, 2.75) is 32.2 Å². The van der Waals surface area contributed by atoms with Gasteiger partial charge in [0.05, 0.1) is 6.04 Å². The zero-order valence-electron chi connectivity index (χ0n) is 19.8. The lowest BCUT2D eigenvalue weighted by Crippen LogP contribution is -2.48. The minimum atomic E-state index is -0.425. The van der Waals surface area contributed by atoms with Crippen molar-refractivity contribution in [2.75, 3.05) is 26.2 Å². The first-order chi connectivity index (χ1) is 17.0. The number of para-hydroxylation sites is 1. The highest BCUT2D eigenvalue weighted by Crippen LogP contribution is 2.35. The number of amides is 2. The van der Waals surface area contributed by atoms with E-state index < -0.39 is 5.82 Å². The van der Waals surface area contributed by atoms with Crippen LogP contribution in [-0.2, 0) is 11.2 Å². The lowest BCUT2D eigenvalue weighted by molar-refractivity contribution is -0.135. The number of benzene rings is 2. The monoisotopic (exact) mass is 492 g/mol. The number of ether oxygens (including phenoxy) is 1. The summed E-state index contributed by atoms with van der Waals surface area (Å²) in [6.07, 6.45) is 2.95. The predicted molar refractivity (Wildman–Crippen MR) is 134 cm³/mol. The second-order valence-electron chi connectivity index (χ2n) is 9.39. The van der Waals surface area contributed by atoms with Gasteiger partial charge in [0, 0.05) is 23.5 Å². The fourth-order valence-corrected chi connectivity index (χ4v) is 5.50. The summed E-state index contributed by atoms with van der Waals surface area (Å²) in [7, 11) is 0. The van der Waals surface area contributed by atoms with Crippen LogP contribution < -0.4 is 4.74 Å². The van der Waals surface area contributed by atoms with E-state index in [1.807, 2.05) is 42.6 Å².